The lowest BCUT2D eigenvalue weighted by molar-refractivity contribution is 0.344. The van der Waals surface area contributed by atoms with Gasteiger partial charge in [-0.2, -0.15) is 0 Å². The number of benzene rings is 1. The van der Waals surface area contributed by atoms with E-state index in [1.54, 1.807) is 0 Å². The van der Waals surface area contributed by atoms with E-state index in [-0.39, 0.29) is 0 Å². The summed E-state index contributed by atoms with van der Waals surface area (Å²) < 4.78 is 2.05. The summed E-state index contributed by atoms with van der Waals surface area (Å²) in [6.45, 7) is 3.70. The lowest BCUT2D eigenvalue weighted by Gasteiger charge is -2.13. The zero-order valence-electron chi connectivity index (χ0n) is 12.1. The Kier molecular flexibility index (Phi) is 3.24. The molecule has 0 radical (unpaired) electrons. The molecule has 3 aromatic rings. The first-order valence-corrected chi connectivity index (χ1v) is 7.71. The highest BCUT2D eigenvalue weighted by atomic mass is 15.1. The van der Waals surface area contributed by atoms with Crippen molar-refractivity contribution in [2.45, 2.75) is 19.3 Å². The number of nitrogens with zero attached hydrogens (tertiary/aromatic N) is 3. The molecule has 3 heterocycles. The third-order valence-corrected chi connectivity index (χ3v) is 4.45. The van der Waals surface area contributed by atoms with E-state index < -0.39 is 0 Å². The van der Waals surface area contributed by atoms with E-state index in [2.05, 4.69) is 43.8 Å². The van der Waals surface area contributed by atoms with Crippen molar-refractivity contribution in [3.63, 3.8) is 0 Å². The summed E-state index contributed by atoms with van der Waals surface area (Å²) >= 11 is 0. The summed E-state index contributed by atoms with van der Waals surface area (Å²) in [5, 5.41) is 1.33. The number of likely N-dealkylation sites (tertiary alicyclic amines) is 1. The van der Waals surface area contributed by atoms with Crippen LogP contribution in [0.3, 0.4) is 0 Å². The van der Waals surface area contributed by atoms with Crippen molar-refractivity contribution in [3.05, 3.63) is 48.7 Å². The first-order chi connectivity index (χ1) is 10.4. The third-order valence-electron chi connectivity index (χ3n) is 4.45. The monoisotopic (exact) mass is 280 g/mol. The fourth-order valence-corrected chi connectivity index (χ4v) is 3.23. The zero-order chi connectivity index (χ0) is 14.1. The van der Waals surface area contributed by atoms with Gasteiger partial charge in [-0.05, 0) is 56.1 Å². The Hall–Kier alpha value is -2.07. The molecule has 108 valence electrons. The molecule has 4 rings (SSSR count). The number of hydrogen-bond donors (Lipinski definition) is 1. The minimum absolute atomic E-state index is 1.12. The Morgan fingerprint density at radius 1 is 1.19 bits per heavy atom. The molecular formula is C17H20N4. The van der Waals surface area contributed by atoms with Gasteiger partial charge in [0, 0.05) is 41.7 Å². The van der Waals surface area contributed by atoms with Crippen LogP contribution in [0.25, 0.3) is 16.6 Å². The maximum Gasteiger partial charge on any atom is 0.0991 e. The summed E-state index contributed by atoms with van der Waals surface area (Å²) in [5.41, 5.74) is 3.80. The Morgan fingerprint density at radius 3 is 2.90 bits per heavy atom. The molecule has 1 aliphatic rings. The van der Waals surface area contributed by atoms with Gasteiger partial charge < -0.3 is 14.5 Å². The number of aromatic amines is 1. The van der Waals surface area contributed by atoms with Gasteiger partial charge in [0.2, 0.25) is 0 Å². The van der Waals surface area contributed by atoms with Crippen LogP contribution in [-0.4, -0.2) is 39.1 Å². The summed E-state index contributed by atoms with van der Waals surface area (Å²) in [6, 6.07) is 6.54. The molecule has 0 aliphatic carbocycles. The quantitative estimate of drug-likeness (QED) is 0.797. The molecule has 1 fully saturated rings. The fraction of sp³-hybridized carbons (Fsp3) is 0.353. The number of nitrogens with one attached hydrogen (secondary N) is 1. The van der Waals surface area contributed by atoms with Gasteiger partial charge in [0.15, 0.2) is 0 Å². The minimum atomic E-state index is 1.12. The molecule has 0 spiro atoms. The van der Waals surface area contributed by atoms with Crippen LogP contribution >= 0.6 is 0 Å². The van der Waals surface area contributed by atoms with E-state index in [0.717, 1.165) is 6.42 Å². The van der Waals surface area contributed by atoms with E-state index in [1.807, 2.05) is 18.7 Å². The SMILES string of the molecule is c1cn(-c2ccc3[nH]cc(CCN4CCCC4)c3c2)cn1. The summed E-state index contributed by atoms with van der Waals surface area (Å²) in [7, 11) is 0. The van der Waals surface area contributed by atoms with Gasteiger partial charge in [-0.1, -0.05) is 0 Å². The molecule has 1 saturated heterocycles. The third kappa shape index (κ3) is 2.47. The van der Waals surface area contributed by atoms with Gasteiger partial charge in [0.25, 0.3) is 0 Å². The molecule has 0 saturated carbocycles. The average molecular weight is 280 g/mol. The number of aromatic nitrogens is 3. The number of imidazole rings is 1. The highest BCUT2D eigenvalue weighted by Crippen LogP contribution is 2.23. The Bertz CT molecular complexity index is 720. The largest absolute Gasteiger partial charge is 0.361 e. The second-order valence-corrected chi connectivity index (χ2v) is 5.81. The first-order valence-electron chi connectivity index (χ1n) is 7.71. The van der Waals surface area contributed by atoms with Crippen molar-refractivity contribution in [2.24, 2.45) is 0 Å². The standard InChI is InChI=1S/C17H20N4/c1-2-8-20(7-1)9-5-14-12-19-17-4-3-15(11-16(14)17)21-10-6-18-13-21/h3-4,6,10-13,19H,1-2,5,7-9H2. The second-order valence-electron chi connectivity index (χ2n) is 5.81. The smallest absolute Gasteiger partial charge is 0.0991 e. The molecule has 4 nitrogen and oxygen atoms in total. The van der Waals surface area contributed by atoms with E-state index in [0.29, 0.717) is 0 Å². The Labute approximate surface area is 124 Å². The lowest BCUT2D eigenvalue weighted by Crippen LogP contribution is -2.21. The molecule has 0 bridgehead atoms. The average Bonchev–Trinajstić information content (AvgIpc) is 3.25. The summed E-state index contributed by atoms with van der Waals surface area (Å²) in [5.74, 6) is 0. The number of hydrogen-bond acceptors (Lipinski definition) is 2. The maximum absolute atomic E-state index is 4.13. The maximum atomic E-state index is 4.13. The van der Waals surface area contributed by atoms with E-state index >= 15 is 0 Å². The Balaban J connectivity index is 1.61. The van der Waals surface area contributed by atoms with Gasteiger partial charge in [-0.25, -0.2) is 4.98 Å². The number of fused-ring (bicyclic) bond motifs is 1. The van der Waals surface area contributed by atoms with E-state index in [4.69, 9.17) is 0 Å². The molecule has 21 heavy (non-hydrogen) atoms. The van der Waals surface area contributed by atoms with Crippen LogP contribution in [0.15, 0.2) is 43.1 Å². The summed E-state index contributed by atoms with van der Waals surface area (Å²) in [6.07, 6.45) is 11.6. The van der Waals surface area contributed by atoms with Crippen LogP contribution < -0.4 is 0 Å². The number of H-pyrrole nitrogens is 1. The van der Waals surface area contributed by atoms with Crippen LogP contribution in [0.1, 0.15) is 18.4 Å². The van der Waals surface area contributed by atoms with Crippen LogP contribution in [0, 0.1) is 0 Å². The molecule has 1 aliphatic heterocycles. The van der Waals surface area contributed by atoms with Crippen LogP contribution in [0.2, 0.25) is 0 Å². The van der Waals surface area contributed by atoms with Gasteiger partial charge in [-0.15, -0.1) is 0 Å². The van der Waals surface area contributed by atoms with Gasteiger partial charge in [0.05, 0.1) is 6.33 Å². The fourth-order valence-electron chi connectivity index (χ4n) is 3.23. The van der Waals surface area contributed by atoms with Crippen molar-refractivity contribution < 1.29 is 0 Å². The van der Waals surface area contributed by atoms with E-state index in [1.165, 1.54) is 54.6 Å². The Morgan fingerprint density at radius 2 is 2.10 bits per heavy atom. The van der Waals surface area contributed by atoms with Gasteiger partial charge >= 0.3 is 0 Å². The first kappa shape index (κ1) is 12.7. The predicted molar refractivity (Wildman–Crippen MR) is 84.8 cm³/mol. The molecule has 1 N–H and O–H groups in total. The minimum Gasteiger partial charge on any atom is -0.361 e. The van der Waals surface area contributed by atoms with Crippen molar-refractivity contribution in [2.75, 3.05) is 19.6 Å². The van der Waals surface area contributed by atoms with Gasteiger partial charge in [-0.3, -0.25) is 0 Å². The van der Waals surface area contributed by atoms with Crippen molar-refractivity contribution in [3.8, 4) is 5.69 Å². The van der Waals surface area contributed by atoms with E-state index in [9.17, 15) is 0 Å². The summed E-state index contributed by atoms with van der Waals surface area (Å²) in [4.78, 5) is 10.1. The van der Waals surface area contributed by atoms with Gasteiger partial charge in [0.1, 0.15) is 0 Å². The van der Waals surface area contributed by atoms with Crippen LogP contribution in [-0.2, 0) is 6.42 Å². The molecule has 2 aromatic heterocycles. The lowest BCUT2D eigenvalue weighted by atomic mass is 10.1. The van der Waals surface area contributed by atoms with Crippen molar-refractivity contribution in [1.82, 2.24) is 19.4 Å². The second kappa shape index (κ2) is 5.37. The molecule has 1 aromatic carbocycles. The molecular weight excluding hydrogens is 260 g/mol. The van der Waals surface area contributed by atoms with Crippen molar-refractivity contribution >= 4 is 10.9 Å². The predicted octanol–water partition coefficient (Wildman–Crippen LogP) is 2.99. The molecule has 0 amide bonds. The van der Waals surface area contributed by atoms with Crippen molar-refractivity contribution in [1.29, 1.82) is 0 Å². The topological polar surface area (TPSA) is 36.9 Å². The highest BCUT2D eigenvalue weighted by Gasteiger charge is 2.12. The number of rotatable bonds is 4. The van der Waals surface area contributed by atoms with Crippen LogP contribution in [0.5, 0.6) is 0 Å². The zero-order valence-corrected chi connectivity index (χ0v) is 12.1. The highest BCUT2D eigenvalue weighted by molar-refractivity contribution is 5.85. The normalized spacial score (nSPS) is 16.0. The molecule has 0 atom stereocenters. The molecule has 4 heteroatoms. The molecule has 0 unspecified atom stereocenters. The van der Waals surface area contributed by atoms with Crippen LogP contribution in [0.4, 0.5) is 0 Å².